The Morgan fingerprint density at radius 1 is 1.28 bits per heavy atom. The zero-order valence-electron chi connectivity index (χ0n) is 16.6. The third-order valence-corrected chi connectivity index (χ3v) is 7.53. The minimum absolute atomic E-state index is 0.117. The fraction of sp³-hybridized carbons (Fsp3) is 0.476. The highest BCUT2D eigenvalue weighted by Gasteiger charge is 2.51. The molecule has 152 valence electrons. The van der Waals surface area contributed by atoms with Gasteiger partial charge in [0.2, 0.25) is 0 Å². The smallest absolute Gasteiger partial charge is 0.143 e. The van der Waals surface area contributed by atoms with Crippen molar-refractivity contribution in [1.82, 2.24) is 24.5 Å². The van der Waals surface area contributed by atoms with Crippen LogP contribution in [0.4, 0.5) is 4.39 Å². The molecule has 1 aromatic carbocycles. The molecular formula is C21H24FN5OS. The minimum atomic E-state index is -0.260. The van der Waals surface area contributed by atoms with E-state index in [2.05, 4.69) is 26.8 Å². The minimum Gasteiger partial charge on any atom is -0.395 e. The van der Waals surface area contributed by atoms with Gasteiger partial charge in [-0.05, 0) is 31.4 Å². The Labute approximate surface area is 173 Å². The van der Waals surface area contributed by atoms with Crippen molar-refractivity contribution >= 4 is 11.8 Å². The van der Waals surface area contributed by atoms with Gasteiger partial charge < -0.3 is 9.67 Å². The van der Waals surface area contributed by atoms with E-state index in [-0.39, 0.29) is 22.6 Å². The summed E-state index contributed by atoms with van der Waals surface area (Å²) in [6.45, 7) is 3.00. The molecule has 0 spiro atoms. The second kappa shape index (κ2) is 6.67. The molecule has 29 heavy (non-hydrogen) atoms. The van der Waals surface area contributed by atoms with Crippen LogP contribution in [0.5, 0.6) is 0 Å². The standard InChI is InChI=1S/C21H24FN5OS/c1-20(13-28)10-18-24-25-19(27(18)7-8-29-20)21(5-6-21)15-3-4-16(17(22)9-15)14-11-23-26(2)12-14/h3-4,9,11-12,28H,5-8,10,13H2,1-2H3. The summed E-state index contributed by atoms with van der Waals surface area (Å²) in [5.41, 5.74) is 2.04. The summed E-state index contributed by atoms with van der Waals surface area (Å²) < 4.78 is 18.6. The van der Waals surface area contributed by atoms with Crippen molar-refractivity contribution < 1.29 is 9.50 Å². The van der Waals surface area contributed by atoms with E-state index in [9.17, 15) is 9.50 Å². The van der Waals surface area contributed by atoms with Crippen LogP contribution in [0, 0.1) is 5.82 Å². The lowest BCUT2D eigenvalue weighted by Gasteiger charge is -2.23. The van der Waals surface area contributed by atoms with Crippen molar-refractivity contribution in [2.24, 2.45) is 7.05 Å². The van der Waals surface area contributed by atoms with Gasteiger partial charge in [-0.1, -0.05) is 12.1 Å². The summed E-state index contributed by atoms with van der Waals surface area (Å²) in [4.78, 5) is 0. The maximum atomic E-state index is 15.0. The second-order valence-corrected chi connectivity index (χ2v) is 10.1. The fourth-order valence-corrected chi connectivity index (χ4v) is 5.39. The molecule has 1 fully saturated rings. The van der Waals surface area contributed by atoms with Gasteiger partial charge in [0.25, 0.3) is 0 Å². The third-order valence-electron chi connectivity index (χ3n) is 6.17. The molecule has 0 bridgehead atoms. The fourth-order valence-electron chi connectivity index (χ4n) is 4.30. The molecule has 1 saturated carbocycles. The van der Waals surface area contributed by atoms with Crippen LogP contribution < -0.4 is 0 Å². The van der Waals surface area contributed by atoms with E-state index in [0.717, 1.165) is 47.9 Å². The number of rotatable bonds is 4. The maximum Gasteiger partial charge on any atom is 0.143 e. The number of hydrogen-bond donors (Lipinski definition) is 1. The average molecular weight is 414 g/mol. The molecule has 6 nitrogen and oxygen atoms in total. The lowest BCUT2D eigenvalue weighted by molar-refractivity contribution is 0.254. The van der Waals surface area contributed by atoms with E-state index in [0.29, 0.717) is 12.0 Å². The van der Waals surface area contributed by atoms with Gasteiger partial charge in [0.1, 0.15) is 17.5 Å². The normalized spacial score (nSPS) is 22.9. The molecule has 1 aliphatic carbocycles. The number of halogens is 1. The van der Waals surface area contributed by atoms with Crippen LogP contribution in [0.2, 0.25) is 0 Å². The number of aromatic nitrogens is 5. The first-order valence-electron chi connectivity index (χ1n) is 9.91. The molecule has 1 N–H and O–H groups in total. The molecule has 2 aliphatic rings. The maximum absolute atomic E-state index is 15.0. The van der Waals surface area contributed by atoms with E-state index in [1.165, 1.54) is 0 Å². The van der Waals surface area contributed by atoms with Crippen LogP contribution in [0.25, 0.3) is 11.1 Å². The highest BCUT2D eigenvalue weighted by molar-refractivity contribution is 8.00. The number of aliphatic hydroxyl groups excluding tert-OH is 1. The second-order valence-electron chi connectivity index (χ2n) is 8.40. The van der Waals surface area contributed by atoms with Crippen LogP contribution >= 0.6 is 11.8 Å². The Morgan fingerprint density at radius 3 is 2.76 bits per heavy atom. The van der Waals surface area contributed by atoms with E-state index < -0.39 is 0 Å². The number of nitrogens with zero attached hydrogens (tertiary/aromatic N) is 5. The molecule has 3 aromatic rings. The number of thioether (sulfide) groups is 1. The van der Waals surface area contributed by atoms with Gasteiger partial charge in [-0.3, -0.25) is 4.68 Å². The molecule has 0 radical (unpaired) electrons. The predicted molar refractivity (Wildman–Crippen MR) is 110 cm³/mol. The first-order chi connectivity index (χ1) is 13.9. The first-order valence-corrected chi connectivity index (χ1v) is 10.9. The van der Waals surface area contributed by atoms with Crippen LogP contribution in [0.1, 0.15) is 37.0 Å². The summed E-state index contributed by atoms with van der Waals surface area (Å²) in [5.74, 6) is 2.52. The summed E-state index contributed by atoms with van der Waals surface area (Å²) >= 11 is 1.78. The quantitative estimate of drug-likeness (QED) is 0.712. The zero-order chi connectivity index (χ0) is 20.2. The average Bonchev–Trinajstić information content (AvgIpc) is 3.31. The number of benzene rings is 1. The van der Waals surface area contributed by atoms with Gasteiger partial charge in [0, 0.05) is 47.8 Å². The van der Waals surface area contributed by atoms with Crippen molar-refractivity contribution in [3.63, 3.8) is 0 Å². The molecule has 0 amide bonds. The zero-order valence-corrected chi connectivity index (χ0v) is 17.4. The highest BCUT2D eigenvalue weighted by Crippen LogP contribution is 2.53. The molecule has 3 heterocycles. The Bertz CT molecular complexity index is 1070. The van der Waals surface area contributed by atoms with E-state index in [1.54, 1.807) is 28.7 Å². The lowest BCUT2D eigenvalue weighted by Crippen LogP contribution is -2.28. The Balaban J connectivity index is 1.51. The molecule has 8 heteroatoms. The molecule has 1 aliphatic heterocycles. The van der Waals surface area contributed by atoms with E-state index in [1.807, 2.05) is 25.4 Å². The van der Waals surface area contributed by atoms with Crippen molar-refractivity contribution in [2.75, 3.05) is 12.4 Å². The lowest BCUT2D eigenvalue weighted by atomic mass is 9.92. The summed E-state index contributed by atoms with van der Waals surface area (Å²) in [5, 5.41) is 22.9. The van der Waals surface area contributed by atoms with Gasteiger partial charge in [0.15, 0.2) is 0 Å². The van der Waals surface area contributed by atoms with Gasteiger partial charge in [-0.15, -0.1) is 10.2 Å². The van der Waals surface area contributed by atoms with Crippen molar-refractivity contribution in [3.8, 4) is 11.1 Å². The Morgan fingerprint density at radius 2 is 2.10 bits per heavy atom. The van der Waals surface area contributed by atoms with Crippen molar-refractivity contribution in [2.45, 2.75) is 42.9 Å². The Hall–Kier alpha value is -2.19. The highest BCUT2D eigenvalue weighted by atomic mass is 32.2. The predicted octanol–water partition coefficient (Wildman–Crippen LogP) is 2.94. The molecule has 1 atom stereocenters. The van der Waals surface area contributed by atoms with Crippen LogP contribution in [0.15, 0.2) is 30.6 Å². The number of aliphatic hydroxyl groups is 1. The molecular weight excluding hydrogens is 389 g/mol. The molecule has 0 saturated heterocycles. The van der Waals surface area contributed by atoms with E-state index >= 15 is 0 Å². The molecule has 2 aromatic heterocycles. The summed E-state index contributed by atoms with van der Waals surface area (Å²) in [6.07, 6.45) is 6.08. The van der Waals surface area contributed by atoms with Crippen LogP contribution in [-0.2, 0) is 25.4 Å². The topological polar surface area (TPSA) is 68.8 Å². The third kappa shape index (κ3) is 3.09. The van der Waals surface area contributed by atoms with Crippen LogP contribution in [0.3, 0.4) is 0 Å². The number of hydrogen-bond acceptors (Lipinski definition) is 5. The van der Waals surface area contributed by atoms with Gasteiger partial charge in [-0.2, -0.15) is 16.9 Å². The number of aryl methyl sites for hydroxylation is 1. The molecule has 1 unspecified atom stereocenters. The van der Waals surface area contributed by atoms with Gasteiger partial charge in [0.05, 0.1) is 18.2 Å². The molecule has 5 rings (SSSR count). The van der Waals surface area contributed by atoms with Crippen molar-refractivity contribution in [3.05, 3.63) is 53.6 Å². The van der Waals surface area contributed by atoms with Gasteiger partial charge in [-0.25, -0.2) is 4.39 Å². The van der Waals surface area contributed by atoms with E-state index in [4.69, 9.17) is 0 Å². The van der Waals surface area contributed by atoms with Gasteiger partial charge >= 0.3 is 0 Å². The first kappa shape index (κ1) is 18.8. The Kier molecular flexibility index (Phi) is 4.33. The summed E-state index contributed by atoms with van der Waals surface area (Å²) in [6, 6.07) is 5.52. The van der Waals surface area contributed by atoms with Crippen LogP contribution in [-0.4, -0.2) is 46.8 Å². The van der Waals surface area contributed by atoms with Crippen molar-refractivity contribution in [1.29, 1.82) is 0 Å². The monoisotopic (exact) mass is 413 g/mol. The largest absolute Gasteiger partial charge is 0.395 e. The summed E-state index contributed by atoms with van der Waals surface area (Å²) in [7, 11) is 1.83. The number of fused-ring (bicyclic) bond motifs is 1. The SMILES string of the molecule is Cn1cc(-c2ccc(C3(c4nnc5n4CCSC(C)(CO)C5)CC3)cc2F)cn1.